The van der Waals surface area contributed by atoms with E-state index in [4.69, 9.17) is 0 Å². The predicted octanol–water partition coefficient (Wildman–Crippen LogP) is 1.07. The molecule has 2 unspecified atom stereocenters. The van der Waals surface area contributed by atoms with Gasteiger partial charge in [-0.25, -0.2) is 4.98 Å². The predicted molar refractivity (Wildman–Crippen MR) is 81.1 cm³/mol. The van der Waals surface area contributed by atoms with Crippen molar-refractivity contribution in [1.29, 1.82) is 0 Å². The van der Waals surface area contributed by atoms with Crippen LogP contribution in [0.4, 0.5) is 5.13 Å². The van der Waals surface area contributed by atoms with Crippen molar-refractivity contribution in [3.63, 3.8) is 0 Å². The van der Waals surface area contributed by atoms with Crippen LogP contribution >= 0.6 is 11.3 Å². The van der Waals surface area contributed by atoms with E-state index >= 15 is 0 Å². The van der Waals surface area contributed by atoms with Gasteiger partial charge < -0.3 is 15.5 Å². The zero-order valence-electron chi connectivity index (χ0n) is 11.9. The van der Waals surface area contributed by atoms with Crippen LogP contribution in [0.25, 0.3) is 0 Å². The molecule has 21 heavy (non-hydrogen) atoms. The monoisotopic (exact) mass is 308 g/mol. The summed E-state index contributed by atoms with van der Waals surface area (Å²) in [6.07, 6.45) is 5.24. The van der Waals surface area contributed by atoms with Crippen molar-refractivity contribution in [3.05, 3.63) is 11.6 Å². The maximum atomic E-state index is 12.6. The van der Waals surface area contributed by atoms with Gasteiger partial charge in [-0.1, -0.05) is 0 Å². The first-order valence-electron chi connectivity index (χ1n) is 7.47. The lowest BCUT2D eigenvalue weighted by molar-refractivity contribution is -0.140. The lowest BCUT2D eigenvalue weighted by atomic mass is 9.97. The van der Waals surface area contributed by atoms with Gasteiger partial charge in [0.1, 0.15) is 6.04 Å². The fourth-order valence-corrected chi connectivity index (χ4v) is 3.61. The van der Waals surface area contributed by atoms with Gasteiger partial charge in [0.2, 0.25) is 11.8 Å². The van der Waals surface area contributed by atoms with Crippen LogP contribution in [0.3, 0.4) is 0 Å². The number of amides is 2. The van der Waals surface area contributed by atoms with Crippen LogP contribution in [0.15, 0.2) is 11.6 Å². The number of anilines is 1. The highest BCUT2D eigenvalue weighted by Crippen LogP contribution is 2.24. The molecule has 2 N–H and O–H groups in total. The van der Waals surface area contributed by atoms with Crippen molar-refractivity contribution in [2.24, 2.45) is 5.92 Å². The van der Waals surface area contributed by atoms with E-state index in [1.54, 1.807) is 11.1 Å². The number of piperidine rings is 1. The first-order valence-corrected chi connectivity index (χ1v) is 8.35. The second-order valence-electron chi connectivity index (χ2n) is 5.56. The number of rotatable bonds is 3. The summed E-state index contributed by atoms with van der Waals surface area (Å²) in [7, 11) is 0. The van der Waals surface area contributed by atoms with Crippen LogP contribution in [-0.2, 0) is 9.59 Å². The number of hydrogen-bond donors (Lipinski definition) is 2. The molecular weight excluding hydrogens is 288 g/mol. The Labute approximate surface area is 127 Å². The molecule has 0 aromatic carbocycles. The minimum absolute atomic E-state index is 0.0204. The topological polar surface area (TPSA) is 74.3 Å². The molecule has 114 valence electrons. The van der Waals surface area contributed by atoms with E-state index in [9.17, 15) is 9.59 Å². The summed E-state index contributed by atoms with van der Waals surface area (Å²) in [5.74, 6) is 0.0329. The summed E-state index contributed by atoms with van der Waals surface area (Å²) in [5, 5.41) is 8.49. The number of carbonyl (C=O) groups is 2. The number of likely N-dealkylation sites (tertiary alicyclic amines) is 1. The van der Waals surface area contributed by atoms with Gasteiger partial charge in [0.05, 0.1) is 5.92 Å². The number of nitrogens with zero attached hydrogens (tertiary/aromatic N) is 2. The summed E-state index contributed by atoms with van der Waals surface area (Å²) in [4.78, 5) is 30.8. The second-order valence-corrected chi connectivity index (χ2v) is 6.45. The van der Waals surface area contributed by atoms with Crippen LogP contribution in [-0.4, -0.2) is 47.4 Å². The average molecular weight is 308 g/mol. The van der Waals surface area contributed by atoms with E-state index in [1.165, 1.54) is 11.3 Å². The molecule has 6 nitrogen and oxygen atoms in total. The maximum Gasteiger partial charge on any atom is 0.248 e. The van der Waals surface area contributed by atoms with Crippen LogP contribution in [0.2, 0.25) is 0 Å². The summed E-state index contributed by atoms with van der Waals surface area (Å²) >= 11 is 1.39. The van der Waals surface area contributed by atoms with E-state index < -0.39 is 0 Å². The minimum Gasteiger partial charge on any atom is -0.330 e. The number of thiazole rings is 1. The zero-order chi connectivity index (χ0) is 14.7. The number of aromatic nitrogens is 1. The minimum atomic E-state index is -0.344. The van der Waals surface area contributed by atoms with Crippen molar-refractivity contribution >= 4 is 28.3 Å². The Balaban J connectivity index is 1.64. The van der Waals surface area contributed by atoms with E-state index in [-0.39, 0.29) is 23.8 Å². The molecule has 0 saturated carbocycles. The van der Waals surface area contributed by atoms with Gasteiger partial charge in [-0.15, -0.1) is 11.3 Å². The molecule has 3 heterocycles. The van der Waals surface area contributed by atoms with Gasteiger partial charge in [0.25, 0.3) is 0 Å². The van der Waals surface area contributed by atoms with Gasteiger partial charge in [0, 0.05) is 24.7 Å². The molecule has 7 heteroatoms. The molecule has 2 saturated heterocycles. The van der Waals surface area contributed by atoms with Gasteiger partial charge in [-0.2, -0.15) is 0 Å². The molecule has 2 atom stereocenters. The summed E-state index contributed by atoms with van der Waals surface area (Å²) in [5.41, 5.74) is 0. The van der Waals surface area contributed by atoms with Gasteiger partial charge in [0.15, 0.2) is 5.13 Å². The summed E-state index contributed by atoms with van der Waals surface area (Å²) in [6.45, 7) is 2.40. The van der Waals surface area contributed by atoms with E-state index in [0.717, 1.165) is 38.8 Å². The SMILES string of the molecule is O=C(Nc1nccs1)C1CCCN1C(=O)C1CCCNC1. The maximum absolute atomic E-state index is 12.6. The van der Waals surface area contributed by atoms with E-state index in [2.05, 4.69) is 15.6 Å². The smallest absolute Gasteiger partial charge is 0.248 e. The Kier molecular flexibility index (Phi) is 4.50. The quantitative estimate of drug-likeness (QED) is 0.876. The summed E-state index contributed by atoms with van der Waals surface area (Å²) in [6, 6.07) is -0.344. The largest absolute Gasteiger partial charge is 0.330 e. The normalized spacial score (nSPS) is 25.8. The number of nitrogens with one attached hydrogen (secondary N) is 2. The molecule has 1 aromatic heterocycles. The van der Waals surface area contributed by atoms with Gasteiger partial charge in [-0.3, -0.25) is 9.59 Å². The third-order valence-electron chi connectivity index (χ3n) is 4.15. The van der Waals surface area contributed by atoms with Crippen molar-refractivity contribution in [2.75, 3.05) is 25.0 Å². The molecule has 2 amide bonds. The molecule has 2 aliphatic heterocycles. The molecule has 2 fully saturated rings. The number of carbonyl (C=O) groups excluding carboxylic acids is 2. The van der Waals surface area contributed by atoms with Crippen molar-refractivity contribution in [1.82, 2.24) is 15.2 Å². The summed E-state index contributed by atoms with van der Waals surface area (Å²) < 4.78 is 0. The Morgan fingerprint density at radius 2 is 2.29 bits per heavy atom. The first-order chi connectivity index (χ1) is 10.3. The fraction of sp³-hybridized carbons (Fsp3) is 0.643. The standard InChI is InChI=1S/C14H20N4O2S/c19-12(17-14-16-6-8-21-14)11-4-2-7-18(11)13(20)10-3-1-5-15-9-10/h6,8,10-11,15H,1-5,7,9H2,(H,16,17,19). The average Bonchev–Trinajstić information content (AvgIpc) is 3.18. The lowest BCUT2D eigenvalue weighted by Crippen LogP contribution is -2.48. The Bertz CT molecular complexity index is 499. The van der Waals surface area contributed by atoms with Gasteiger partial charge in [-0.05, 0) is 32.2 Å². The Morgan fingerprint density at radius 1 is 1.38 bits per heavy atom. The van der Waals surface area contributed by atoms with E-state index in [1.807, 2.05) is 5.38 Å². The molecule has 0 aliphatic carbocycles. The lowest BCUT2D eigenvalue weighted by Gasteiger charge is -2.30. The first kappa shape index (κ1) is 14.5. The molecule has 0 radical (unpaired) electrons. The third kappa shape index (κ3) is 3.24. The fourth-order valence-electron chi connectivity index (χ4n) is 3.07. The highest BCUT2D eigenvalue weighted by Gasteiger charge is 2.37. The Morgan fingerprint density at radius 3 is 3.00 bits per heavy atom. The molecule has 0 spiro atoms. The van der Waals surface area contributed by atoms with Crippen LogP contribution < -0.4 is 10.6 Å². The highest BCUT2D eigenvalue weighted by molar-refractivity contribution is 7.13. The van der Waals surface area contributed by atoms with Crippen LogP contribution in [0.1, 0.15) is 25.7 Å². The number of hydrogen-bond acceptors (Lipinski definition) is 5. The van der Waals surface area contributed by atoms with Crippen molar-refractivity contribution < 1.29 is 9.59 Å². The van der Waals surface area contributed by atoms with E-state index in [0.29, 0.717) is 11.7 Å². The highest BCUT2D eigenvalue weighted by atomic mass is 32.1. The second kappa shape index (κ2) is 6.53. The molecule has 3 rings (SSSR count). The van der Waals surface area contributed by atoms with Crippen molar-refractivity contribution in [3.8, 4) is 0 Å². The molecule has 0 bridgehead atoms. The third-order valence-corrected chi connectivity index (χ3v) is 4.84. The van der Waals surface area contributed by atoms with Crippen LogP contribution in [0.5, 0.6) is 0 Å². The molecule has 2 aliphatic rings. The van der Waals surface area contributed by atoms with Crippen molar-refractivity contribution in [2.45, 2.75) is 31.7 Å². The zero-order valence-corrected chi connectivity index (χ0v) is 12.7. The molecule has 1 aromatic rings. The molecular formula is C14H20N4O2S. The van der Waals surface area contributed by atoms with Gasteiger partial charge >= 0.3 is 0 Å². The Hall–Kier alpha value is -1.47. The van der Waals surface area contributed by atoms with Crippen LogP contribution in [0, 0.1) is 5.92 Å².